The first-order valence-electron chi connectivity index (χ1n) is 9.66. The first-order valence-corrected chi connectivity index (χ1v) is 9.66. The molecule has 5 heteroatoms. The van der Waals surface area contributed by atoms with Crippen molar-refractivity contribution in [3.8, 4) is 11.5 Å². The van der Waals surface area contributed by atoms with Crippen LogP contribution in [0.2, 0.25) is 0 Å². The molecule has 144 valence electrons. The predicted octanol–water partition coefficient (Wildman–Crippen LogP) is 3.54. The zero-order valence-electron chi connectivity index (χ0n) is 16.4. The smallest absolute Gasteiger partial charge is 0.306 e. The van der Waals surface area contributed by atoms with Crippen molar-refractivity contribution in [3.05, 3.63) is 23.8 Å². The van der Waals surface area contributed by atoms with E-state index >= 15 is 0 Å². The Labute approximate surface area is 156 Å². The molecule has 0 N–H and O–H groups in total. The molecule has 0 bridgehead atoms. The van der Waals surface area contributed by atoms with Gasteiger partial charge in [0.25, 0.3) is 0 Å². The zero-order valence-corrected chi connectivity index (χ0v) is 16.4. The molecule has 1 saturated carbocycles. The van der Waals surface area contributed by atoms with Gasteiger partial charge in [0, 0.05) is 24.3 Å². The Morgan fingerprint density at radius 3 is 2.69 bits per heavy atom. The number of likely N-dealkylation sites (tertiary alicyclic amines) is 1. The fourth-order valence-corrected chi connectivity index (χ4v) is 4.79. The minimum atomic E-state index is -0.0585. The Balaban J connectivity index is 1.84. The van der Waals surface area contributed by atoms with Crippen molar-refractivity contribution in [2.45, 2.75) is 63.0 Å². The summed E-state index contributed by atoms with van der Waals surface area (Å²) >= 11 is 0. The van der Waals surface area contributed by atoms with E-state index < -0.39 is 0 Å². The third-order valence-electron chi connectivity index (χ3n) is 6.19. The number of hydrogen-bond donors (Lipinski definition) is 0. The maximum Gasteiger partial charge on any atom is 0.306 e. The highest BCUT2D eigenvalue weighted by atomic mass is 16.5. The van der Waals surface area contributed by atoms with E-state index in [4.69, 9.17) is 14.2 Å². The minimum absolute atomic E-state index is 0.0351. The number of methoxy groups -OCH3 is 2. The molecule has 1 heterocycles. The molecule has 3 unspecified atom stereocenters. The van der Waals surface area contributed by atoms with Crippen LogP contribution >= 0.6 is 0 Å². The fourth-order valence-electron chi connectivity index (χ4n) is 4.79. The molecule has 3 atom stereocenters. The molecule has 26 heavy (non-hydrogen) atoms. The van der Waals surface area contributed by atoms with Gasteiger partial charge < -0.3 is 19.1 Å². The Morgan fingerprint density at radius 1 is 1.23 bits per heavy atom. The summed E-state index contributed by atoms with van der Waals surface area (Å²) in [5.74, 6) is 1.48. The summed E-state index contributed by atoms with van der Waals surface area (Å²) in [6, 6.07) is 6.70. The number of ether oxygens (including phenoxy) is 3. The number of rotatable bonds is 6. The molecular formula is C21H31NO4. The van der Waals surface area contributed by atoms with Crippen LogP contribution in [0.15, 0.2) is 18.2 Å². The van der Waals surface area contributed by atoms with E-state index in [0.717, 1.165) is 50.1 Å². The van der Waals surface area contributed by atoms with Gasteiger partial charge in [0.15, 0.2) is 11.5 Å². The van der Waals surface area contributed by atoms with Gasteiger partial charge in [0.2, 0.25) is 0 Å². The number of hydrogen-bond acceptors (Lipinski definition) is 5. The van der Waals surface area contributed by atoms with Gasteiger partial charge in [0.05, 0.1) is 14.2 Å². The Bertz CT molecular complexity index is 647. The Hall–Kier alpha value is -1.75. The summed E-state index contributed by atoms with van der Waals surface area (Å²) in [4.78, 5) is 14.3. The topological polar surface area (TPSA) is 48.0 Å². The molecule has 1 aromatic rings. The quantitative estimate of drug-likeness (QED) is 0.725. The molecular weight excluding hydrogens is 330 g/mol. The number of esters is 1. The van der Waals surface area contributed by atoms with Crippen LogP contribution in [0.25, 0.3) is 0 Å². The van der Waals surface area contributed by atoms with Crippen molar-refractivity contribution >= 4 is 5.97 Å². The summed E-state index contributed by atoms with van der Waals surface area (Å²) in [5.41, 5.74) is 1.41. The first-order chi connectivity index (χ1) is 12.5. The molecule has 0 spiro atoms. The zero-order chi connectivity index (χ0) is 18.7. The standard InChI is InChI=1S/C21H31NO4/c1-5-6-20(23)26-16-9-10-21(11-12-22(2)19(21)14-16)15-7-8-17(24-3)18(13-15)25-4/h7-8,13,16,19H,5-6,9-12,14H2,1-4H3. The maximum absolute atomic E-state index is 11.9. The van der Waals surface area contributed by atoms with Crippen LogP contribution in [-0.4, -0.2) is 50.8 Å². The number of likely N-dealkylation sites (N-methyl/N-ethyl adjacent to an activating group) is 1. The maximum atomic E-state index is 11.9. The van der Waals surface area contributed by atoms with Gasteiger partial charge in [-0.15, -0.1) is 0 Å². The van der Waals surface area contributed by atoms with Crippen LogP contribution in [-0.2, 0) is 14.9 Å². The summed E-state index contributed by atoms with van der Waals surface area (Å²) in [6.07, 6.45) is 5.37. The molecule has 1 saturated heterocycles. The molecule has 0 aromatic heterocycles. The van der Waals surface area contributed by atoms with Crippen molar-refractivity contribution in [1.29, 1.82) is 0 Å². The summed E-state index contributed by atoms with van der Waals surface area (Å²) in [7, 11) is 5.53. The highest BCUT2D eigenvalue weighted by Crippen LogP contribution is 2.50. The van der Waals surface area contributed by atoms with Crippen LogP contribution in [0.5, 0.6) is 11.5 Å². The monoisotopic (exact) mass is 361 g/mol. The van der Waals surface area contributed by atoms with Crippen molar-refractivity contribution in [3.63, 3.8) is 0 Å². The van der Waals surface area contributed by atoms with Gasteiger partial charge in [-0.1, -0.05) is 13.0 Å². The van der Waals surface area contributed by atoms with Crippen LogP contribution in [0.4, 0.5) is 0 Å². The third-order valence-corrected chi connectivity index (χ3v) is 6.19. The highest BCUT2D eigenvalue weighted by molar-refractivity contribution is 5.69. The van der Waals surface area contributed by atoms with E-state index in [2.05, 4.69) is 24.1 Å². The Morgan fingerprint density at radius 2 is 2.00 bits per heavy atom. The van der Waals surface area contributed by atoms with Gasteiger partial charge in [-0.25, -0.2) is 0 Å². The number of benzene rings is 1. The van der Waals surface area contributed by atoms with Crippen molar-refractivity contribution in [1.82, 2.24) is 4.90 Å². The molecule has 1 aromatic carbocycles. The molecule has 1 aliphatic carbocycles. The minimum Gasteiger partial charge on any atom is -0.493 e. The van der Waals surface area contributed by atoms with Gasteiger partial charge >= 0.3 is 5.97 Å². The van der Waals surface area contributed by atoms with Gasteiger partial charge in [-0.3, -0.25) is 4.79 Å². The lowest BCUT2D eigenvalue weighted by atomic mass is 9.65. The second-order valence-corrected chi connectivity index (χ2v) is 7.61. The first kappa shape index (κ1) is 19.0. The molecule has 0 radical (unpaired) electrons. The van der Waals surface area contributed by atoms with Gasteiger partial charge in [-0.2, -0.15) is 0 Å². The average Bonchev–Trinajstić information content (AvgIpc) is 2.99. The molecule has 1 aliphatic heterocycles. The fraction of sp³-hybridized carbons (Fsp3) is 0.667. The predicted molar refractivity (Wildman–Crippen MR) is 101 cm³/mol. The molecule has 2 fully saturated rings. The van der Waals surface area contributed by atoms with Gasteiger partial charge in [0.1, 0.15) is 6.10 Å². The van der Waals surface area contributed by atoms with E-state index in [0.29, 0.717) is 12.5 Å². The lowest BCUT2D eigenvalue weighted by molar-refractivity contribution is -0.152. The molecule has 2 aliphatic rings. The van der Waals surface area contributed by atoms with Crippen molar-refractivity contribution < 1.29 is 19.0 Å². The Kier molecular flexibility index (Phi) is 5.76. The van der Waals surface area contributed by atoms with E-state index in [-0.39, 0.29) is 17.5 Å². The van der Waals surface area contributed by atoms with Crippen LogP contribution < -0.4 is 9.47 Å². The molecule has 3 rings (SSSR count). The van der Waals surface area contributed by atoms with E-state index in [1.54, 1.807) is 14.2 Å². The number of carbonyl (C=O) groups excluding carboxylic acids is 1. The lowest BCUT2D eigenvalue weighted by Crippen LogP contribution is -2.48. The average molecular weight is 361 g/mol. The second-order valence-electron chi connectivity index (χ2n) is 7.61. The number of nitrogens with zero attached hydrogens (tertiary/aromatic N) is 1. The summed E-state index contributed by atoms with van der Waals surface area (Å²) < 4.78 is 16.7. The second kappa shape index (κ2) is 7.87. The largest absolute Gasteiger partial charge is 0.493 e. The van der Waals surface area contributed by atoms with Crippen molar-refractivity contribution in [2.75, 3.05) is 27.8 Å². The lowest BCUT2D eigenvalue weighted by Gasteiger charge is -2.44. The van der Waals surface area contributed by atoms with Crippen molar-refractivity contribution in [2.24, 2.45) is 0 Å². The molecule has 0 amide bonds. The van der Waals surface area contributed by atoms with Crippen LogP contribution in [0.3, 0.4) is 0 Å². The molecule has 5 nitrogen and oxygen atoms in total. The third kappa shape index (κ3) is 3.41. The van der Waals surface area contributed by atoms with Crippen LogP contribution in [0, 0.1) is 0 Å². The van der Waals surface area contributed by atoms with E-state index in [9.17, 15) is 4.79 Å². The highest BCUT2D eigenvalue weighted by Gasteiger charge is 2.51. The SMILES string of the molecule is CCCC(=O)OC1CCC2(c3ccc(OC)c(OC)c3)CCN(C)C2C1. The normalized spacial score (nSPS) is 28.5. The van der Waals surface area contributed by atoms with E-state index in [1.165, 1.54) is 5.56 Å². The van der Waals surface area contributed by atoms with E-state index in [1.807, 2.05) is 13.0 Å². The number of carbonyl (C=O) groups is 1. The number of fused-ring (bicyclic) bond motifs is 1. The summed E-state index contributed by atoms with van der Waals surface area (Å²) in [6.45, 7) is 3.07. The summed E-state index contributed by atoms with van der Waals surface area (Å²) in [5, 5.41) is 0. The van der Waals surface area contributed by atoms with Crippen LogP contribution in [0.1, 0.15) is 51.0 Å². The van der Waals surface area contributed by atoms with Gasteiger partial charge in [-0.05, 0) is 57.0 Å².